The van der Waals surface area contributed by atoms with Crippen molar-refractivity contribution < 1.29 is 17.6 Å². The first-order valence-corrected chi connectivity index (χ1v) is 12.9. The van der Waals surface area contributed by atoms with Gasteiger partial charge in [0.25, 0.3) is 0 Å². The molecule has 1 amide bonds. The monoisotopic (exact) mass is 488 g/mol. The van der Waals surface area contributed by atoms with Gasteiger partial charge in [0.05, 0.1) is 33.5 Å². The number of nitrogens with zero attached hydrogens (tertiary/aromatic N) is 3. The van der Waals surface area contributed by atoms with Crippen LogP contribution in [0.25, 0.3) is 21.8 Å². The Balaban J connectivity index is 1.40. The zero-order valence-corrected chi connectivity index (χ0v) is 19.3. The fraction of sp³-hybridized carbons (Fsp3) is 0.333. The van der Waals surface area contributed by atoms with E-state index in [2.05, 4.69) is 25.6 Å². The number of halogens is 1. The molecule has 9 nitrogen and oxygen atoms in total. The first-order chi connectivity index (χ1) is 15.6. The Hall–Kier alpha value is -3.12. The summed E-state index contributed by atoms with van der Waals surface area (Å²) >= 11 is 1.18. The standard InChI is InChI=1S/C21H21FN6O3S2/c1-11(29)25-14-4-2-3-13(16(14)22)17-18(32-19(23)28-17)15-5-6-24-20(27-15)26-12-7-21(8-12)9-33(30,31)10-21/h2-6,12H,7-10H2,1H3,(H2,23,28)(H,25,29)(H,24,26,27). The Morgan fingerprint density at radius 3 is 2.70 bits per heavy atom. The summed E-state index contributed by atoms with van der Waals surface area (Å²) in [6.07, 6.45) is 3.12. The minimum atomic E-state index is -2.86. The molecule has 2 aromatic heterocycles. The molecule has 1 spiro atoms. The van der Waals surface area contributed by atoms with Crippen LogP contribution in [0.4, 0.5) is 21.2 Å². The van der Waals surface area contributed by atoms with Crippen LogP contribution in [0.3, 0.4) is 0 Å². The Labute approximate surface area is 193 Å². The Kier molecular flexibility index (Phi) is 5.09. The number of thiazole rings is 1. The SMILES string of the molecule is CC(=O)Nc1cccc(-c2nc(N)sc2-c2ccnc(NC3CC4(C3)CS(=O)(=O)C4)n2)c1F. The molecule has 33 heavy (non-hydrogen) atoms. The van der Waals surface area contributed by atoms with Crippen LogP contribution in [0.5, 0.6) is 0 Å². The summed E-state index contributed by atoms with van der Waals surface area (Å²) in [4.78, 5) is 25.1. The third kappa shape index (κ3) is 4.15. The highest BCUT2D eigenvalue weighted by atomic mass is 32.2. The maximum Gasteiger partial charge on any atom is 0.223 e. The van der Waals surface area contributed by atoms with Crippen LogP contribution < -0.4 is 16.4 Å². The molecule has 3 heterocycles. The molecule has 1 aromatic carbocycles. The van der Waals surface area contributed by atoms with Gasteiger partial charge in [-0.3, -0.25) is 4.79 Å². The number of benzene rings is 1. The molecular weight excluding hydrogens is 467 g/mol. The van der Waals surface area contributed by atoms with Gasteiger partial charge in [0.2, 0.25) is 11.9 Å². The lowest BCUT2D eigenvalue weighted by Crippen LogP contribution is -2.60. The highest BCUT2D eigenvalue weighted by molar-refractivity contribution is 7.92. The van der Waals surface area contributed by atoms with Crippen molar-refractivity contribution in [1.29, 1.82) is 0 Å². The molecule has 2 fully saturated rings. The molecule has 0 unspecified atom stereocenters. The summed E-state index contributed by atoms with van der Waals surface area (Å²) < 4.78 is 38.1. The summed E-state index contributed by atoms with van der Waals surface area (Å²) in [6, 6.07) is 6.47. The molecule has 1 aliphatic heterocycles. The van der Waals surface area contributed by atoms with Gasteiger partial charge in [-0.05, 0) is 31.0 Å². The number of carbonyl (C=O) groups excluding carboxylic acids is 1. The van der Waals surface area contributed by atoms with Crippen LogP contribution in [0, 0.1) is 11.2 Å². The molecule has 0 radical (unpaired) electrons. The second kappa shape index (κ2) is 7.73. The van der Waals surface area contributed by atoms with E-state index in [0.717, 1.165) is 12.8 Å². The molecule has 5 rings (SSSR count). The number of carbonyl (C=O) groups is 1. The Morgan fingerprint density at radius 1 is 1.24 bits per heavy atom. The van der Waals surface area contributed by atoms with Gasteiger partial charge in [0, 0.05) is 30.1 Å². The predicted octanol–water partition coefficient (Wildman–Crippen LogP) is 2.94. The van der Waals surface area contributed by atoms with Crippen LogP contribution in [-0.4, -0.2) is 46.8 Å². The number of hydrogen-bond acceptors (Lipinski definition) is 9. The molecule has 1 saturated carbocycles. The highest BCUT2D eigenvalue weighted by Crippen LogP contribution is 2.50. The number of nitrogens with two attached hydrogens (primary N) is 1. The molecule has 1 aliphatic carbocycles. The van der Waals surface area contributed by atoms with Crippen molar-refractivity contribution in [3.8, 4) is 21.8 Å². The van der Waals surface area contributed by atoms with Crippen molar-refractivity contribution in [3.05, 3.63) is 36.3 Å². The van der Waals surface area contributed by atoms with Gasteiger partial charge in [-0.15, -0.1) is 0 Å². The van der Waals surface area contributed by atoms with Gasteiger partial charge in [-0.2, -0.15) is 0 Å². The lowest BCUT2D eigenvalue weighted by atomic mass is 9.67. The number of amides is 1. The van der Waals surface area contributed by atoms with Crippen LogP contribution in [-0.2, 0) is 14.6 Å². The lowest BCUT2D eigenvalue weighted by molar-refractivity contribution is -0.114. The quantitative estimate of drug-likeness (QED) is 0.498. The zero-order valence-electron chi connectivity index (χ0n) is 17.6. The van der Waals surface area contributed by atoms with E-state index in [0.29, 0.717) is 22.2 Å². The molecule has 4 N–H and O–H groups in total. The largest absolute Gasteiger partial charge is 0.375 e. The smallest absolute Gasteiger partial charge is 0.223 e. The Bertz CT molecular complexity index is 1350. The second-order valence-electron chi connectivity index (χ2n) is 8.63. The summed E-state index contributed by atoms with van der Waals surface area (Å²) in [7, 11) is -2.86. The number of nitrogen functional groups attached to an aromatic ring is 1. The van der Waals surface area contributed by atoms with E-state index in [-0.39, 0.29) is 45.3 Å². The van der Waals surface area contributed by atoms with Crippen molar-refractivity contribution in [3.63, 3.8) is 0 Å². The molecular formula is C21H21FN6O3S2. The Morgan fingerprint density at radius 2 is 2.00 bits per heavy atom. The van der Waals surface area contributed by atoms with Gasteiger partial charge in [-0.1, -0.05) is 17.4 Å². The first-order valence-electron chi connectivity index (χ1n) is 10.3. The van der Waals surface area contributed by atoms with Crippen LogP contribution in [0.2, 0.25) is 0 Å². The van der Waals surface area contributed by atoms with E-state index in [1.807, 2.05) is 0 Å². The minimum absolute atomic E-state index is 0.0551. The van der Waals surface area contributed by atoms with E-state index in [1.54, 1.807) is 24.4 Å². The van der Waals surface area contributed by atoms with Crippen molar-refractivity contribution in [2.45, 2.75) is 25.8 Å². The van der Waals surface area contributed by atoms with E-state index in [1.165, 1.54) is 24.3 Å². The summed E-state index contributed by atoms with van der Waals surface area (Å²) in [6.45, 7) is 1.31. The normalized spacial score (nSPS) is 18.4. The zero-order chi connectivity index (χ0) is 23.4. The lowest BCUT2D eigenvalue weighted by Gasteiger charge is -2.53. The van der Waals surface area contributed by atoms with E-state index in [9.17, 15) is 13.2 Å². The maximum absolute atomic E-state index is 15.1. The van der Waals surface area contributed by atoms with Crippen LogP contribution in [0.1, 0.15) is 19.8 Å². The summed E-state index contributed by atoms with van der Waals surface area (Å²) in [5.41, 5.74) is 6.97. The molecule has 0 bridgehead atoms. The van der Waals surface area contributed by atoms with Crippen LogP contribution >= 0.6 is 11.3 Å². The average molecular weight is 489 g/mol. The average Bonchev–Trinajstić information content (AvgIpc) is 3.08. The van der Waals surface area contributed by atoms with E-state index >= 15 is 4.39 Å². The van der Waals surface area contributed by atoms with Crippen molar-refractivity contribution in [1.82, 2.24) is 15.0 Å². The minimum Gasteiger partial charge on any atom is -0.375 e. The van der Waals surface area contributed by atoms with Crippen molar-refractivity contribution in [2.24, 2.45) is 5.41 Å². The van der Waals surface area contributed by atoms with Crippen molar-refractivity contribution in [2.75, 3.05) is 27.9 Å². The number of rotatable bonds is 5. The maximum atomic E-state index is 15.1. The molecule has 172 valence electrons. The van der Waals surface area contributed by atoms with Gasteiger partial charge >= 0.3 is 0 Å². The summed E-state index contributed by atoms with van der Waals surface area (Å²) in [5.74, 6) is -0.0770. The predicted molar refractivity (Wildman–Crippen MR) is 125 cm³/mol. The third-order valence-corrected chi connectivity index (χ3v) is 8.85. The molecule has 3 aromatic rings. The number of sulfone groups is 1. The second-order valence-corrected chi connectivity index (χ2v) is 11.7. The number of hydrogen-bond donors (Lipinski definition) is 3. The van der Waals surface area contributed by atoms with E-state index < -0.39 is 15.7 Å². The fourth-order valence-corrected chi connectivity index (χ4v) is 7.71. The van der Waals surface area contributed by atoms with Crippen LogP contribution in [0.15, 0.2) is 30.5 Å². The fourth-order valence-electron chi connectivity index (χ4n) is 4.65. The third-order valence-electron chi connectivity index (χ3n) is 5.84. The number of nitrogens with one attached hydrogen (secondary N) is 2. The summed E-state index contributed by atoms with van der Waals surface area (Å²) in [5, 5.41) is 5.99. The van der Waals surface area contributed by atoms with Gasteiger partial charge in [-0.25, -0.2) is 27.8 Å². The van der Waals surface area contributed by atoms with Gasteiger partial charge in [0.15, 0.2) is 20.8 Å². The molecule has 2 aliphatic rings. The highest BCUT2D eigenvalue weighted by Gasteiger charge is 2.56. The first kappa shape index (κ1) is 21.7. The van der Waals surface area contributed by atoms with E-state index in [4.69, 9.17) is 5.73 Å². The topological polar surface area (TPSA) is 140 Å². The van der Waals surface area contributed by atoms with Gasteiger partial charge < -0.3 is 16.4 Å². The molecule has 0 atom stereocenters. The molecule has 12 heteroatoms. The van der Waals surface area contributed by atoms with Crippen molar-refractivity contribution >= 4 is 43.8 Å². The molecule has 1 saturated heterocycles. The number of anilines is 3. The van der Waals surface area contributed by atoms with Gasteiger partial charge in [0.1, 0.15) is 0 Å². The number of aromatic nitrogens is 3.